The summed E-state index contributed by atoms with van der Waals surface area (Å²) < 4.78 is 51.4. The molecule has 1 amide bonds. The van der Waals surface area contributed by atoms with E-state index in [2.05, 4.69) is 4.72 Å². The summed E-state index contributed by atoms with van der Waals surface area (Å²) >= 11 is 0. The van der Waals surface area contributed by atoms with E-state index in [-0.39, 0.29) is 23.0 Å². The van der Waals surface area contributed by atoms with Crippen LogP contribution in [0.15, 0.2) is 53.4 Å². The molecule has 2 aromatic carbocycles. The second kappa shape index (κ2) is 8.71. The second-order valence-electron chi connectivity index (χ2n) is 7.40. The molecule has 2 saturated heterocycles. The third-order valence-corrected chi connectivity index (χ3v) is 6.68. The minimum atomic E-state index is -3.84. The van der Waals surface area contributed by atoms with Crippen LogP contribution in [0.25, 0.3) is 0 Å². The average Bonchev–Trinajstić information content (AvgIpc) is 3.29. The van der Waals surface area contributed by atoms with Crippen LogP contribution in [-0.2, 0) is 19.5 Å². The molecule has 0 aliphatic carbocycles. The molecule has 4 rings (SSSR count). The lowest BCUT2D eigenvalue weighted by Crippen LogP contribution is -2.43. The van der Waals surface area contributed by atoms with Gasteiger partial charge in [0.2, 0.25) is 0 Å². The van der Waals surface area contributed by atoms with Gasteiger partial charge in [0.1, 0.15) is 5.82 Å². The molecular formula is C21H23FN2O5S. The van der Waals surface area contributed by atoms with Crippen LogP contribution in [0.1, 0.15) is 23.2 Å². The number of hydrogen-bond acceptors (Lipinski definition) is 5. The Morgan fingerprint density at radius 1 is 1.03 bits per heavy atom. The Bertz CT molecular complexity index is 989. The van der Waals surface area contributed by atoms with Crippen LogP contribution in [0.5, 0.6) is 0 Å². The summed E-state index contributed by atoms with van der Waals surface area (Å²) in [5.74, 6) is -0.458. The molecule has 9 heteroatoms. The van der Waals surface area contributed by atoms with Gasteiger partial charge < -0.3 is 14.4 Å². The van der Waals surface area contributed by atoms with Crippen molar-refractivity contribution in [3.05, 3.63) is 59.9 Å². The zero-order chi connectivity index (χ0) is 21.1. The van der Waals surface area contributed by atoms with Crippen molar-refractivity contribution in [2.45, 2.75) is 24.0 Å². The van der Waals surface area contributed by atoms with E-state index in [0.29, 0.717) is 37.6 Å². The monoisotopic (exact) mass is 434 g/mol. The molecule has 1 N–H and O–H groups in total. The minimum absolute atomic E-state index is 0.0419. The summed E-state index contributed by atoms with van der Waals surface area (Å²) in [7, 11) is -3.84. The molecule has 2 heterocycles. The number of amides is 1. The van der Waals surface area contributed by atoms with E-state index in [1.165, 1.54) is 12.1 Å². The fourth-order valence-electron chi connectivity index (χ4n) is 3.76. The van der Waals surface area contributed by atoms with Crippen molar-refractivity contribution in [3.8, 4) is 0 Å². The van der Waals surface area contributed by atoms with Crippen LogP contribution in [0, 0.1) is 11.7 Å². The first-order valence-electron chi connectivity index (χ1n) is 9.83. The molecule has 2 aliphatic heterocycles. The summed E-state index contributed by atoms with van der Waals surface area (Å²) in [6.07, 6.45) is 1.59. The first kappa shape index (κ1) is 20.8. The molecule has 1 atom stereocenters. The van der Waals surface area contributed by atoms with E-state index < -0.39 is 15.8 Å². The van der Waals surface area contributed by atoms with Gasteiger partial charge in [0.25, 0.3) is 15.9 Å². The molecule has 30 heavy (non-hydrogen) atoms. The van der Waals surface area contributed by atoms with Gasteiger partial charge in [-0.1, -0.05) is 0 Å². The van der Waals surface area contributed by atoms with Crippen LogP contribution in [0.2, 0.25) is 0 Å². The summed E-state index contributed by atoms with van der Waals surface area (Å²) in [6.45, 7) is 2.41. The maximum Gasteiger partial charge on any atom is 0.261 e. The van der Waals surface area contributed by atoms with Gasteiger partial charge >= 0.3 is 0 Å². The quantitative estimate of drug-likeness (QED) is 0.782. The van der Waals surface area contributed by atoms with Gasteiger partial charge in [0.05, 0.1) is 18.1 Å². The zero-order valence-corrected chi connectivity index (χ0v) is 17.1. The number of nitrogens with zero attached hydrogens (tertiary/aromatic N) is 1. The SMILES string of the molecule is O=C(c1ccc(NS(=O)(=O)c2ccc(F)cc2)cc1)N1CCCC(C2OCCO2)C1. The van der Waals surface area contributed by atoms with Crippen molar-refractivity contribution in [2.75, 3.05) is 31.0 Å². The minimum Gasteiger partial charge on any atom is -0.350 e. The topological polar surface area (TPSA) is 84.9 Å². The molecule has 7 nitrogen and oxygen atoms in total. The number of likely N-dealkylation sites (tertiary alicyclic amines) is 1. The summed E-state index contributed by atoms with van der Waals surface area (Å²) in [6, 6.07) is 10.8. The predicted octanol–water partition coefficient (Wildman–Crippen LogP) is 2.85. The third kappa shape index (κ3) is 4.63. The molecule has 0 saturated carbocycles. The first-order valence-corrected chi connectivity index (χ1v) is 11.3. The van der Waals surface area contributed by atoms with Crippen molar-refractivity contribution in [1.29, 1.82) is 0 Å². The molecule has 1 unspecified atom stereocenters. The van der Waals surface area contributed by atoms with E-state index in [1.807, 2.05) is 0 Å². The number of ether oxygens (including phenoxy) is 2. The number of carbonyl (C=O) groups excluding carboxylic acids is 1. The number of rotatable bonds is 5. The standard InChI is InChI=1S/C21H23FN2O5S/c22-17-5-9-19(10-6-17)30(26,27)23-18-7-3-15(4-8-18)20(25)24-11-1-2-16(14-24)21-28-12-13-29-21/h3-10,16,21,23H,1-2,11-14H2. The number of benzene rings is 2. The summed E-state index contributed by atoms with van der Waals surface area (Å²) in [4.78, 5) is 14.6. The third-order valence-electron chi connectivity index (χ3n) is 5.29. The highest BCUT2D eigenvalue weighted by atomic mass is 32.2. The lowest BCUT2D eigenvalue weighted by Gasteiger charge is -2.34. The number of piperidine rings is 1. The Morgan fingerprint density at radius 3 is 2.37 bits per heavy atom. The van der Waals surface area contributed by atoms with Crippen LogP contribution >= 0.6 is 0 Å². The van der Waals surface area contributed by atoms with Gasteiger partial charge in [-0.25, -0.2) is 12.8 Å². The summed E-state index contributed by atoms with van der Waals surface area (Å²) in [5, 5.41) is 0. The lowest BCUT2D eigenvalue weighted by atomic mass is 9.96. The Kier molecular flexibility index (Phi) is 6.03. The van der Waals surface area contributed by atoms with E-state index in [9.17, 15) is 17.6 Å². The summed E-state index contributed by atoms with van der Waals surface area (Å²) in [5.41, 5.74) is 0.800. The highest BCUT2D eigenvalue weighted by molar-refractivity contribution is 7.92. The Labute approximate surface area is 174 Å². The number of sulfonamides is 1. The van der Waals surface area contributed by atoms with E-state index >= 15 is 0 Å². The van der Waals surface area contributed by atoms with Crippen molar-refractivity contribution in [1.82, 2.24) is 4.90 Å². The molecule has 0 bridgehead atoms. The van der Waals surface area contributed by atoms with Gasteiger partial charge in [-0.2, -0.15) is 0 Å². The maximum atomic E-state index is 13.0. The van der Waals surface area contributed by atoms with Crippen LogP contribution in [0.3, 0.4) is 0 Å². The van der Waals surface area contributed by atoms with E-state index in [4.69, 9.17) is 9.47 Å². The molecule has 2 fully saturated rings. The largest absolute Gasteiger partial charge is 0.350 e. The number of hydrogen-bond donors (Lipinski definition) is 1. The van der Waals surface area contributed by atoms with Gasteiger partial charge in [0.15, 0.2) is 6.29 Å². The van der Waals surface area contributed by atoms with Crippen molar-refractivity contribution < 1.29 is 27.1 Å². The molecule has 0 radical (unpaired) electrons. The molecular weight excluding hydrogens is 411 g/mol. The Morgan fingerprint density at radius 2 is 1.70 bits per heavy atom. The predicted molar refractivity (Wildman–Crippen MR) is 108 cm³/mol. The maximum absolute atomic E-state index is 13.0. The van der Waals surface area contributed by atoms with Crippen LogP contribution in [0.4, 0.5) is 10.1 Å². The number of carbonyl (C=O) groups is 1. The Balaban J connectivity index is 1.41. The number of halogens is 1. The number of anilines is 1. The molecule has 0 aromatic heterocycles. The molecule has 2 aliphatic rings. The fourth-order valence-corrected chi connectivity index (χ4v) is 4.82. The van der Waals surface area contributed by atoms with Crippen molar-refractivity contribution in [3.63, 3.8) is 0 Å². The van der Waals surface area contributed by atoms with Gasteiger partial charge in [-0.3, -0.25) is 9.52 Å². The second-order valence-corrected chi connectivity index (χ2v) is 9.08. The normalized spacial score (nSPS) is 20.3. The average molecular weight is 434 g/mol. The zero-order valence-electron chi connectivity index (χ0n) is 16.3. The van der Waals surface area contributed by atoms with Crippen LogP contribution in [-0.4, -0.2) is 51.8 Å². The van der Waals surface area contributed by atoms with E-state index in [0.717, 1.165) is 25.0 Å². The molecule has 2 aromatic rings. The lowest BCUT2D eigenvalue weighted by molar-refractivity contribution is -0.0969. The Hall–Kier alpha value is -2.49. The number of nitrogens with one attached hydrogen (secondary N) is 1. The van der Waals surface area contributed by atoms with Crippen molar-refractivity contribution >= 4 is 21.6 Å². The highest BCUT2D eigenvalue weighted by Crippen LogP contribution is 2.26. The van der Waals surface area contributed by atoms with Crippen molar-refractivity contribution in [2.24, 2.45) is 5.92 Å². The molecule has 160 valence electrons. The van der Waals surface area contributed by atoms with Gasteiger partial charge in [-0.05, 0) is 61.4 Å². The van der Waals surface area contributed by atoms with Gasteiger partial charge in [0, 0.05) is 30.3 Å². The van der Waals surface area contributed by atoms with E-state index in [1.54, 1.807) is 29.2 Å². The van der Waals surface area contributed by atoms with Gasteiger partial charge in [-0.15, -0.1) is 0 Å². The smallest absolute Gasteiger partial charge is 0.261 e. The highest BCUT2D eigenvalue weighted by Gasteiger charge is 2.33. The first-order chi connectivity index (χ1) is 14.4. The van der Waals surface area contributed by atoms with Crippen LogP contribution < -0.4 is 4.72 Å². The fraction of sp³-hybridized carbons (Fsp3) is 0.381. The molecule has 0 spiro atoms.